The standard InChI is InChI=1S/C15H23NO/c1-9(2)13-7-14(10(3)4)11(5)15(8-13)16-12(6)17/h7-10H,1-6H3,(H,16,17). The number of hydrogen-bond acceptors (Lipinski definition) is 1. The second-order valence-corrected chi connectivity index (χ2v) is 5.27. The Morgan fingerprint density at radius 1 is 1.12 bits per heavy atom. The molecular weight excluding hydrogens is 210 g/mol. The summed E-state index contributed by atoms with van der Waals surface area (Å²) in [6, 6.07) is 4.35. The number of nitrogens with one attached hydrogen (secondary N) is 1. The predicted octanol–water partition coefficient (Wildman–Crippen LogP) is 4.20. The van der Waals surface area contributed by atoms with E-state index < -0.39 is 0 Å². The van der Waals surface area contributed by atoms with Crippen LogP contribution in [-0.4, -0.2) is 5.91 Å². The molecule has 0 heterocycles. The fourth-order valence-electron chi connectivity index (χ4n) is 2.01. The number of benzene rings is 1. The van der Waals surface area contributed by atoms with Gasteiger partial charge in [-0.2, -0.15) is 0 Å². The minimum atomic E-state index is -0.0105. The number of amides is 1. The number of carbonyl (C=O) groups is 1. The summed E-state index contributed by atoms with van der Waals surface area (Å²) in [6.07, 6.45) is 0. The first-order chi connectivity index (χ1) is 7.82. The normalized spacial score (nSPS) is 11.1. The van der Waals surface area contributed by atoms with Gasteiger partial charge in [-0.25, -0.2) is 0 Å². The summed E-state index contributed by atoms with van der Waals surface area (Å²) in [5, 5.41) is 2.92. The zero-order valence-electron chi connectivity index (χ0n) is 11.7. The molecule has 94 valence electrons. The summed E-state index contributed by atoms with van der Waals surface area (Å²) in [7, 11) is 0. The van der Waals surface area contributed by atoms with E-state index in [4.69, 9.17) is 0 Å². The van der Waals surface area contributed by atoms with E-state index in [9.17, 15) is 4.79 Å². The topological polar surface area (TPSA) is 29.1 Å². The van der Waals surface area contributed by atoms with Gasteiger partial charge in [0.25, 0.3) is 0 Å². The first-order valence-corrected chi connectivity index (χ1v) is 6.25. The molecule has 0 unspecified atom stereocenters. The van der Waals surface area contributed by atoms with Gasteiger partial charge in [0.05, 0.1) is 0 Å². The van der Waals surface area contributed by atoms with Crippen molar-refractivity contribution in [2.75, 3.05) is 5.32 Å². The zero-order chi connectivity index (χ0) is 13.2. The van der Waals surface area contributed by atoms with E-state index in [1.54, 1.807) is 6.92 Å². The van der Waals surface area contributed by atoms with Gasteiger partial charge in [-0.1, -0.05) is 33.8 Å². The summed E-state index contributed by atoms with van der Waals surface area (Å²) in [5.74, 6) is 0.936. The number of hydrogen-bond donors (Lipinski definition) is 1. The third kappa shape index (κ3) is 3.32. The van der Waals surface area contributed by atoms with Gasteiger partial charge < -0.3 is 5.32 Å². The van der Waals surface area contributed by atoms with Crippen LogP contribution in [0.4, 0.5) is 5.69 Å². The predicted molar refractivity (Wildman–Crippen MR) is 73.7 cm³/mol. The summed E-state index contributed by atoms with van der Waals surface area (Å²) in [5.41, 5.74) is 4.73. The summed E-state index contributed by atoms with van der Waals surface area (Å²) < 4.78 is 0. The van der Waals surface area contributed by atoms with E-state index in [2.05, 4.69) is 52.1 Å². The lowest BCUT2D eigenvalue weighted by atomic mass is 9.91. The minimum Gasteiger partial charge on any atom is -0.326 e. The molecule has 0 aliphatic rings. The highest BCUT2D eigenvalue weighted by molar-refractivity contribution is 5.90. The van der Waals surface area contributed by atoms with Crippen molar-refractivity contribution in [2.24, 2.45) is 0 Å². The molecule has 2 heteroatoms. The largest absolute Gasteiger partial charge is 0.326 e. The molecule has 1 N–H and O–H groups in total. The molecule has 1 aromatic carbocycles. The SMILES string of the molecule is CC(=O)Nc1cc(C(C)C)cc(C(C)C)c1C. The molecule has 1 aromatic rings. The molecule has 0 saturated carbocycles. The Bertz CT molecular complexity index is 419. The van der Waals surface area contributed by atoms with Gasteiger partial charge in [0.15, 0.2) is 0 Å². The molecule has 2 nitrogen and oxygen atoms in total. The fourth-order valence-corrected chi connectivity index (χ4v) is 2.01. The molecule has 0 radical (unpaired) electrons. The molecule has 0 aromatic heterocycles. The minimum absolute atomic E-state index is 0.0105. The molecule has 1 rings (SSSR count). The monoisotopic (exact) mass is 233 g/mol. The van der Waals surface area contributed by atoms with Gasteiger partial charge in [0.2, 0.25) is 5.91 Å². The number of rotatable bonds is 3. The average molecular weight is 233 g/mol. The maximum absolute atomic E-state index is 11.2. The highest BCUT2D eigenvalue weighted by atomic mass is 16.1. The first-order valence-electron chi connectivity index (χ1n) is 6.25. The lowest BCUT2D eigenvalue weighted by molar-refractivity contribution is -0.114. The molecule has 0 saturated heterocycles. The van der Waals surface area contributed by atoms with Gasteiger partial charge >= 0.3 is 0 Å². The quantitative estimate of drug-likeness (QED) is 0.833. The molecule has 0 aliphatic heterocycles. The van der Waals surface area contributed by atoms with E-state index in [0.717, 1.165) is 5.69 Å². The smallest absolute Gasteiger partial charge is 0.221 e. The third-order valence-corrected chi connectivity index (χ3v) is 3.07. The van der Waals surface area contributed by atoms with Crippen LogP contribution in [0.5, 0.6) is 0 Å². The molecule has 1 amide bonds. The van der Waals surface area contributed by atoms with E-state index in [1.165, 1.54) is 16.7 Å². The number of anilines is 1. The third-order valence-electron chi connectivity index (χ3n) is 3.07. The van der Waals surface area contributed by atoms with Crippen molar-refractivity contribution in [3.05, 3.63) is 28.8 Å². The maximum Gasteiger partial charge on any atom is 0.221 e. The van der Waals surface area contributed by atoms with Gasteiger partial charge in [-0.05, 0) is 41.5 Å². The number of carbonyl (C=O) groups excluding carboxylic acids is 1. The fraction of sp³-hybridized carbons (Fsp3) is 0.533. The Labute approximate surface area is 104 Å². The van der Waals surface area contributed by atoms with Crippen molar-refractivity contribution in [3.63, 3.8) is 0 Å². The van der Waals surface area contributed by atoms with Gasteiger partial charge in [-0.15, -0.1) is 0 Å². The van der Waals surface area contributed by atoms with Crippen LogP contribution in [0.1, 0.15) is 63.1 Å². The lowest BCUT2D eigenvalue weighted by Gasteiger charge is -2.18. The van der Waals surface area contributed by atoms with Crippen LogP contribution in [0.15, 0.2) is 12.1 Å². The van der Waals surface area contributed by atoms with Crippen LogP contribution in [0.25, 0.3) is 0 Å². The molecular formula is C15H23NO. The van der Waals surface area contributed by atoms with E-state index >= 15 is 0 Å². The Kier molecular flexibility index (Phi) is 4.33. The van der Waals surface area contributed by atoms with E-state index in [-0.39, 0.29) is 5.91 Å². The Hall–Kier alpha value is -1.31. The highest BCUT2D eigenvalue weighted by Crippen LogP contribution is 2.30. The zero-order valence-corrected chi connectivity index (χ0v) is 11.7. The Balaban J connectivity index is 3.32. The lowest BCUT2D eigenvalue weighted by Crippen LogP contribution is -2.10. The molecule has 0 spiro atoms. The van der Waals surface area contributed by atoms with E-state index in [0.29, 0.717) is 11.8 Å². The Morgan fingerprint density at radius 3 is 2.12 bits per heavy atom. The average Bonchev–Trinajstić information content (AvgIpc) is 2.19. The maximum atomic E-state index is 11.2. The van der Waals surface area contributed by atoms with Crippen molar-refractivity contribution in [2.45, 2.75) is 53.4 Å². The van der Waals surface area contributed by atoms with Crippen LogP contribution in [-0.2, 0) is 4.79 Å². The van der Waals surface area contributed by atoms with Gasteiger partial charge in [0.1, 0.15) is 0 Å². The van der Waals surface area contributed by atoms with Crippen LogP contribution in [0.2, 0.25) is 0 Å². The van der Waals surface area contributed by atoms with Gasteiger partial charge in [0, 0.05) is 12.6 Å². The second-order valence-electron chi connectivity index (χ2n) is 5.27. The van der Waals surface area contributed by atoms with Crippen molar-refractivity contribution < 1.29 is 4.79 Å². The second kappa shape index (κ2) is 5.35. The van der Waals surface area contributed by atoms with Gasteiger partial charge in [-0.3, -0.25) is 4.79 Å². The molecule has 0 aliphatic carbocycles. The van der Waals surface area contributed by atoms with Crippen LogP contribution < -0.4 is 5.32 Å². The van der Waals surface area contributed by atoms with Crippen LogP contribution in [0, 0.1) is 6.92 Å². The summed E-state index contributed by atoms with van der Waals surface area (Å²) in [4.78, 5) is 11.2. The van der Waals surface area contributed by atoms with Crippen molar-refractivity contribution in [1.82, 2.24) is 0 Å². The Morgan fingerprint density at radius 2 is 1.71 bits per heavy atom. The molecule has 0 fully saturated rings. The molecule has 0 bridgehead atoms. The van der Waals surface area contributed by atoms with Crippen molar-refractivity contribution in [3.8, 4) is 0 Å². The summed E-state index contributed by atoms with van der Waals surface area (Å²) >= 11 is 0. The molecule has 17 heavy (non-hydrogen) atoms. The van der Waals surface area contributed by atoms with E-state index in [1.807, 2.05) is 0 Å². The highest BCUT2D eigenvalue weighted by Gasteiger charge is 2.12. The summed E-state index contributed by atoms with van der Waals surface area (Å²) in [6.45, 7) is 12.3. The van der Waals surface area contributed by atoms with Crippen LogP contribution in [0.3, 0.4) is 0 Å². The van der Waals surface area contributed by atoms with Crippen molar-refractivity contribution >= 4 is 11.6 Å². The first kappa shape index (κ1) is 13.8. The molecule has 0 atom stereocenters. The van der Waals surface area contributed by atoms with Crippen LogP contribution >= 0.6 is 0 Å². The van der Waals surface area contributed by atoms with Crippen molar-refractivity contribution in [1.29, 1.82) is 0 Å².